The number of H-pyrrole nitrogens is 1. The van der Waals surface area contributed by atoms with E-state index in [0.29, 0.717) is 11.5 Å². The van der Waals surface area contributed by atoms with Gasteiger partial charge < -0.3 is 19.2 Å². The summed E-state index contributed by atoms with van der Waals surface area (Å²) in [6, 6.07) is 4.62. The first-order chi connectivity index (χ1) is 14.0. The van der Waals surface area contributed by atoms with Crippen LogP contribution in [0.15, 0.2) is 24.0 Å². The van der Waals surface area contributed by atoms with E-state index in [9.17, 15) is 4.79 Å². The molecule has 0 aliphatic carbocycles. The molecule has 1 N–H and O–H groups in total. The summed E-state index contributed by atoms with van der Waals surface area (Å²) in [6.07, 6.45) is 3.65. The number of aromatic amines is 1. The van der Waals surface area contributed by atoms with Crippen LogP contribution >= 0.6 is 0 Å². The second kappa shape index (κ2) is 6.80. The highest BCUT2D eigenvalue weighted by Gasteiger charge is 2.46. The number of aryl methyl sites for hydroxylation is 1. The van der Waals surface area contributed by atoms with Crippen LogP contribution in [0.1, 0.15) is 36.2 Å². The van der Waals surface area contributed by atoms with Crippen LogP contribution in [0.2, 0.25) is 0 Å². The molecular formula is C23H28N2O4. The SMILES string of the molecule is COC(=O)C1=CO[C@@H](C)C2CN3CCc4c([nH]c5cc(C)c(OC)cc45)C3CC12. The predicted octanol–water partition coefficient (Wildman–Crippen LogP) is 3.50. The van der Waals surface area contributed by atoms with Crippen LogP contribution in [-0.4, -0.2) is 49.3 Å². The Hall–Kier alpha value is -2.47. The number of carbonyl (C=O) groups is 1. The lowest BCUT2D eigenvalue weighted by atomic mass is 9.72. The summed E-state index contributed by atoms with van der Waals surface area (Å²) in [5, 5.41) is 1.26. The number of aromatic nitrogens is 1. The minimum atomic E-state index is -0.270. The van der Waals surface area contributed by atoms with Gasteiger partial charge in [-0.25, -0.2) is 4.79 Å². The highest BCUT2D eigenvalue weighted by Crippen LogP contribution is 2.48. The number of nitrogens with one attached hydrogen (secondary N) is 1. The number of hydrogen-bond acceptors (Lipinski definition) is 5. The molecule has 29 heavy (non-hydrogen) atoms. The first-order valence-electron chi connectivity index (χ1n) is 10.4. The number of ether oxygens (including phenoxy) is 3. The zero-order valence-corrected chi connectivity index (χ0v) is 17.5. The van der Waals surface area contributed by atoms with Crippen molar-refractivity contribution in [2.75, 3.05) is 27.3 Å². The van der Waals surface area contributed by atoms with Crippen molar-refractivity contribution in [2.45, 2.75) is 38.8 Å². The summed E-state index contributed by atoms with van der Waals surface area (Å²) in [5.74, 6) is 1.12. The minimum absolute atomic E-state index is 0.102. The number of fused-ring (bicyclic) bond motifs is 6. The zero-order chi connectivity index (χ0) is 20.3. The van der Waals surface area contributed by atoms with Crippen LogP contribution in [0.3, 0.4) is 0 Å². The van der Waals surface area contributed by atoms with Crippen molar-refractivity contribution in [3.05, 3.63) is 40.8 Å². The zero-order valence-electron chi connectivity index (χ0n) is 17.5. The summed E-state index contributed by atoms with van der Waals surface area (Å²) < 4.78 is 16.4. The lowest BCUT2D eigenvalue weighted by Gasteiger charge is -2.49. The predicted molar refractivity (Wildman–Crippen MR) is 110 cm³/mol. The summed E-state index contributed by atoms with van der Waals surface area (Å²) in [6.45, 7) is 6.14. The average Bonchev–Trinajstić information content (AvgIpc) is 3.09. The van der Waals surface area contributed by atoms with Crippen LogP contribution in [0.4, 0.5) is 0 Å². The van der Waals surface area contributed by atoms with Crippen LogP contribution in [0.25, 0.3) is 10.9 Å². The Morgan fingerprint density at radius 1 is 1.31 bits per heavy atom. The molecule has 5 rings (SSSR count). The number of nitrogens with zero attached hydrogens (tertiary/aromatic N) is 1. The Bertz CT molecular complexity index is 1010. The molecule has 4 heterocycles. The number of piperidine rings is 1. The first-order valence-corrected chi connectivity index (χ1v) is 10.4. The second-order valence-corrected chi connectivity index (χ2v) is 8.56. The maximum absolute atomic E-state index is 12.4. The third kappa shape index (κ3) is 2.76. The fourth-order valence-corrected chi connectivity index (χ4v) is 5.59. The van der Waals surface area contributed by atoms with Crippen LogP contribution < -0.4 is 4.74 Å². The van der Waals surface area contributed by atoms with Crippen LogP contribution in [0, 0.1) is 18.8 Å². The topological polar surface area (TPSA) is 63.8 Å². The Kier molecular flexibility index (Phi) is 4.35. The normalized spacial score (nSPS) is 28.6. The largest absolute Gasteiger partial charge is 0.497 e. The number of esters is 1. The van der Waals surface area contributed by atoms with Gasteiger partial charge in [-0.2, -0.15) is 0 Å². The van der Waals surface area contributed by atoms with E-state index in [4.69, 9.17) is 14.2 Å². The standard InChI is InChI=1S/C23H28N2O4/c1-12-7-19-16(9-21(12)27-3)14-5-6-25-10-17-13(2)29-11-18(23(26)28-4)15(17)8-20(25)22(14)24-19/h7,9,11,13,15,17,20,24H,5-6,8,10H2,1-4H3/t13-,15?,17?,20?/m0/s1. The van der Waals surface area contributed by atoms with Gasteiger partial charge in [-0.3, -0.25) is 4.90 Å². The molecule has 0 amide bonds. The van der Waals surface area contributed by atoms with Crippen molar-refractivity contribution in [1.29, 1.82) is 0 Å². The van der Waals surface area contributed by atoms with Crippen molar-refractivity contribution in [3.63, 3.8) is 0 Å². The number of rotatable bonds is 2. The molecule has 2 aromatic rings. The van der Waals surface area contributed by atoms with Gasteiger partial charge in [0.25, 0.3) is 0 Å². The van der Waals surface area contributed by atoms with Gasteiger partial charge in [0, 0.05) is 41.5 Å². The molecule has 6 nitrogen and oxygen atoms in total. The van der Waals surface area contributed by atoms with Gasteiger partial charge in [0.2, 0.25) is 0 Å². The van der Waals surface area contributed by atoms with E-state index in [2.05, 4.69) is 35.9 Å². The van der Waals surface area contributed by atoms with E-state index < -0.39 is 0 Å². The molecule has 6 heteroatoms. The highest BCUT2D eigenvalue weighted by molar-refractivity contribution is 5.89. The van der Waals surface area contributed by atoms with E-state index in [1.807, 2.05) is 0 Å². The van der Waals surface area contributed by atoms with Gasteiger partial charge in [0.1, 0.15) is 5.75 Å². The van der Waals surface area contributed by atoms with Gasteiger partial charge in [0.15, 0.2) is 0 Å². The molecule has 1 aromatic heterocycles. The van der Waals surface area contributed by atoms with Crippen molar-refractivity contribution in [1.82, 2.24) is 9.88 Å². The van der Waals surface area contributed by atoms with Gasteiger partial charge >= 0.3 is 5.97 Å². The van der Waals surface area contributed by atoms with E-state index in [1.54, 1.807) is 13.4 Å². The van der Waals surface area contributed by atoms with Gasteiger partial charge in [-0.15, -0.1) is 0 Å². The molecule has 1 aromatic carbocycles. The Morgan fingerprint density at radius 2 is 2.14 bits per heavy atom. The molecule has 154 valence electrons. The minimum Gasteiger partial charge on any atom is -0.497 e. The van der Waals surface area contributed by atoms with Crippen molar-refractivity contribution in [2.24, 2.45) is 11.8 Å². The van der Waals surface area contributed by atoms with E-state index >= 15 is 0 Å². The fraction of sp³-hybridized carbons (Fsp3) is 0.522. The van der Waals surface area contributed by atoms with E-state index in [-0.39, 0.29) is 24.0 Å². The summed E-state index contributed by atoms with van der Waals surface area (Å²) >= 11 is 0. The molecule has 3 aliphatic heterocycles. The molecule has 0 bridgehead atoms. The van der Waals surface area contributed by atoms with Gasteiger partial charge in [-0.05, 0) is 49.9 Å². The second-order valence-electron chi connectivity index (χ2n) is 8.56. The average molecular weight is 396 g/mol. The summed E-state index contributed by atoms with van der Waals surface area (Å²) in [4.78, 5) is 18.6. The maximum Gasteiger partial charge on any atom is 0.337 e. The maximum atomic E-state index is 12.4. The Balaban J connectivity index is 1.56. The summed E-state index contributed by atoms with van der Waals surface area (Å²) in [5.41, 5.74) is 5.66. The number of methoxy groups -OCH3 is 2. The van der Waals surface area contributed by atoms with Crippen molar-refractivity contribution >= 4 is 16.9 Å². The smallest absolute Gasteiger partial charge is 0.337 e. The fourth-order valence-electron chi connectivity index (χ4n) is 5.59. The lowest BCUT2D eigenvalue weighted by molar-refractivity contribution is -0.139. The highest BCUT2D eigenvalue weighted by atomic mass is 16.5. The quantitative estimate of drug-likeness (QED) is 0.788. The van der Waals surface area contributed by atoms with Crippen LogP contribution in [0.5, 0.6) is 5.75 Å². The Labute approximate surface area is 170 Å². The van der Waals surface area contributed by atoms with Crippen molar-refractivity contribution < 1.29 is 19.0 Å². The Morgan fingerprint density at radius 3 is 2.90 bits per heavy atom. The van der Waals surface area contributed by atoms with Crippen molar-refractivity contribution in [3.8, 4) is 5.75 Å². The lowest BCUT2D eigenvalue weighted by Crippen LogP contribution is -2.51. The molecule has 3 unspecified atom stereocenters. The molecule has 3 aliphatic rings. The molecule has 0 radical (unpaired) electrons. The van der Waals surface area contributed by atoms with Gasteiger partial charge in [-0.1, -0.05) is 0 Å². The molecule has 0 spiro atoms. The summed E-state index contributed by atoms with van der Waals surface area (Å²) in [7, 11) is 3.17. The molecular weight excluding hydrogens is 368 g/mol. The third-order valence-corrected chi connectivity index (χ3v) is 7.15. The number of hydrogen-bond donors (Lipinski definition) is 1. The number of carbonyl (C=O) groups excluding carboxylic acids is 1. The molecule has 0 saturated carbocycles. The molecule has 1 saturated heterocycles. The number of benzene rings is 1. The van der Waals surface area contributed by atoms with Crippen LogP contribution in [-0.2, 0) is 20.7 Å². The molecule has 4 atom stereocenters. The monoisotopic (exact) mass is 396 g/mol. The van der Waals surface area contributed by atoms with Gasteiger partial charge in [0.05, 0.1) is 38.2 Å². The van der Waals surface area contributed by atoms with E-state index in [1.165, 1.54) is 29.3 Å². The molecule has 1 fully saturated rings. The van der Waals surface area contributed by atoms with E-state index in [0.717, 1.165) is 37.2 Å². The first kappa shape index (κ1) is 18.6. The third-order valence-electron chi connectivity index (χ3n) is 7.15.